The van der Waals surface area contributed by atoms with Crippen molar-refractivity contribution in [1.82, 2.24) is 39.8 Å². The number of aliphatic hydroxyl groups excluding tert-OH is 1. The van der Waals surface area contributed by atoms with Crippen molar-refractivity contribution in [2.75, 3.05) is 53.1 Å². The molecule has 1 N–H and O–H groups in total. The van der Waals surface area contributed by atoms with Gasteiger partial charge in [0.05, 0.1) is 39.3 Å². The number of hydrogen-bond donors (Lipinski definition) is 1. The predicted molar refractivity (Wildman–Crippen MR) is 196 cm³/mol. The minimum absolute atomic E-state index is 0.0438. The standard InChI is InChI=1S/C37H52N8O10/c1-7-9-17-53-32(47)12-11-30(35(50)54-18-10-8-2)44-22-28(38-40-44)25-19-26(29-23-45(41-39-29)31(24-46)34(49)52-6)21-27(20-25)33(48)42-13-15-43(16-14-42)36(51)55-37(3,4)5/h19-23,30-31,46H,7-18,24H2,1-6H3/t30-,31-/m0/s1. The molecule has 0 saturated carbocycles. The van der Waals surface area contributed by atoms with Crippen molar-refractivity contribution >= 4 is 29.9 Å². The van der Waals surface area contributed by atoms with E-state index in [1.807, 2.05) is 13.8 Å². The number of methoxy groups -OCH3 is 1. The predicted octanol–water partition coefficient (Wildman–Crippen LogP) is 3.61. The summed E-state index contributed by atoms with van der Waals surface area (Å²) in [6, 6.07) is 2.83. The van der Waals surface area contributed by atoms with Crippen molar-refractivity contribution in [3.8, 4) is 22.5 Å². The van der Waals surface area contributed by atoms with Crippen LogP contribution in [-0.4, -0.2) is 134 Å². The van der Waals surface area contributed by atoms with Crippen molar-refractivity contribution in [3.63, 3.8) is 0 Å². The fourth-order valence-electron chi connectivity index (χ4n) is 5.60. The lowest BCUT2D eigenvalue weighted by atomic mass is 10.0. The van der Waals surface area contributed by atoms with Crippen LogP contribution in [-0.2, 0) is 33.3 Å². The molecule has 2 atom stereocenters. The largest absolute Gasteiger partial charge is 0.467 e. The molecule has 3 aromatic rings. The van der Waals surface area contributed by atoms with Crippen LogP contribution in [0.15, 0.2) is 30.6 Å². The molecule has 0 radical (unpaired) electrons. The van der Waals surface area contributed by atoms with Crippen molar-refractivity contribution in [3.05, 3.63) is 36.2 Å². The highest BCUT2D eigenvalue weighted by Gasteiger charge is 2.30. The maximum absolute atomic E-state index is 14.0. The lowest BCUT2D eigenvalue weighted by molar-refractivity contribution is -0.150. The van der Waals surface area contributed by atoms with Crippen LogP contribution in [0.3, 0.4) is 0 Å². The molecule has 1 aliphatic rings. The number of benzene rings is 1. The zero-order valence-electron chi connectivity index (χ0n) is 32.4. The van der Waals surface area contributed by atoms with Gasteiger partial charge in [0.2, 0.25) is 0 Å². The number of unbranched alkanes of at least 4 members (excludes halogenated alkanes) is 2. The summed E-state index contributed by atoms with van der Waals surface area (Å²) in [5.41, 5.74) is 1.06. The van der Waals surface area contributed by atoms with Gasteiger partial charge >= 0.3 is 24.0 Å². The Labute approximate surface area is 320 Å². The number of carbonyl (C=O) groups is 5. The highest BCUT2D eigenvalue weighted by atomic mass is 16.6. The Morgan fingerprint density at radius 3 is 1.85 bits per heavy atom. The van der Waals surface area contributed by atoms with Gasteiger partial charge in [0, 0.05) is 49.3 Å². The van der Waals surface area contributed by atoms with Gasteiger partial charge in [0.25, 0.3) is 5.91 Å². The van der Waals surface area contributed by atoms with Crippen LogP contribution in [0.25, 0.3) is 22.5 Å². The van der Waals surface area contributed by atoms with Crippen LogP contribution >= 0.6 is 0 Å². The Morgan fingerprint density at radius 1 is 0.782 bits per heavy atom. The Kier molecular flexibility index (Phi) is 15.2. The molecule has 55 heavy (non-hydrogen) atoms. The monoisotopic (exact) mass is 768 g/mol. The van der Waals surface area contributed by atoms with Crippen LogP contribution in [0.2, 0.25) is 0 Å². The van der Waals surface area contributed by atoms with Gasteiger partial charge < -0.3 is 33.9 Å². The molecule has 4 rings (SSSR count). The first-order valence-electron chi connectivity index (χ1n) is 18.6. The normalized spacial score (nSPS) is 14.2. The van der Waals surface area contributed by atoms with Gasteiger partial charge in [-0.2, -0.15) is 0 Å². The second-order valence-electron chi connectivity index (χ2n) is 14.1. The zero-order valence-corrected chi connectivity index (χ0v) is 32.4. The molecule has 1 fully saturated rings. The van der Waals surface area contributed by atoms with Gasteiger partial charge in [-0.1, -0.05) is 37.1 Å². The van der Waals surface area contributed by atoms with Crippen molar-refractivity contribution in [1.29, 1.82) is 0 Å². The number of nitrogens with zero attached hydrogens (tertiary/aromatic N) is 8. The Hall–Kier alpha value is -5.39. The first-order chi connectivity index (χ1) is 26.3. The van der Waals surface area contributed by atoms with Gasteiger partial charge in [0.1, 0.15) is 17.0 Å². The van der Waals surface area contributed by atoms with Crippen molar-refractivity contribution in [2.24, 2.45) is 0 Å². The van der Waals surface area contributed by atoms with Crippen LogP contribution < -0.4 is 0 Å². The highest BCUT2D eigenvalue weighted by molar-refractivity contribution is 5.97. The van der Waals surface area contributed by atoms with E-state index >= 15 is 0 Å². The third-order valence-corrected chi connectivity index (χ3v) is 8.69. The molecule has 1 aromatic carbocycles. The van der Waals surface area contributed by atoms with Gasteiger partial charge in [-0.05, 0) is 58.2 Å². The highest BCUT2D eigenvalue weighted by Crippen LogP contribution is 2.29. The number of piperazine rings is 1. The van der Waals surface area contributed by atoms with E-state index in [-0.39, 0.29) is 62.8 Å². The summed E-state index contributed by atoms with van der Waals surface area (Å²) >= 11 is 0. The average Bonchev–Trinajstić information content (AvgIpc) is 3.86. The number of esters is 3. The molecule has 300 valence electrons. The molecular weight excluding hydrogens is 716 g/mol. The molecule has 2 aromatic heterocycles. The summed E-state index contributed by atoms with van der Waals surface area (Å²) in [5.74, 6) is -2.05. The van der Waals surface area contributed by atoms with E-state index in [1.165, 1.54) is 28.9 Å². The summed E-state index contributed by atoms with van der Waals surface area (Å²) in [4.78, 5) is 67.9. The Balaban J connectivity index is 1.67. The topological polar surface area (TPSA) is 210 Å². The summed E-state index contributed by atoms with van der Waals surface area (Å²) in [5, 5.41) is 26.6. The number of rotatable bonds is 17. The Morgan fingerprint density at radius 2 is 1.33 bits per heavy atom. The van der Waals surface area contributed by atoms with Gasteiger partial charge in [-0.3, -0.25) is 9.59 Å². The molecule has 0 spiro atoms. The second-order valence-corrected chi connectivity index (χ2v) is 14.1. The first-order valence-corrected chi connectivity index (χ1v) is 18.6. The van der Waals surface area contributed by atoms with Gasteiger partial charge in [-0.25, -0.2) is 23.7 Å². The van der Waals surface area contributed by atoms with Gasteiger partial charge in [-0.15, -0.1) is 10.2 Å². The minimum Gasteiger partial charge on any atom is -0.467 e. The van der Waals surface area contributed by atoms with Crippen molar-refractivity contribution in [2.45, 2.75) is 90.8 Å². The van der Waals surface area contributed by atoms with Crippen LogP contribution in [0.5, 0.6) is 0 Å². The summed E-state index contributed by atoms with van der Waals surface area (Å²) < 4.78 is 23.6. The number of amides is 2. The van der Waals surface area contributed by atoms with E-state index in [0.29, 0.717) is 29.8 Å². The molecule has 0 unspecified atom stereocenters. The van der Waals surface area contributed by atoms with E-state index < -0.39 is 48.3 Å². The SMILES string of the molecule is CCCCOC(=O)CC[C@@H](C(=O)OCCCC)n1cc(-c2cc(C(=O)N3CCN(C(=O)OC(C)(C)C)CC3)cc(-c3cn([C@@H](CO)C(=O)OC)nn3)c2)nn1. The van der Waals surface area contributed by atoms with E-state index in [4.69, 9.17) is 18.9 Å². The molecule has 18 nitrogen and oxygen atoms in total. The molecule has 3 heterocycles. The van der Waals surface area contributed by atoms with Crippen LogP contribution in [0.1, 0.15) is 95.6 Å². The van der Waals surface area contributed by atoms with E-state index in [9.17, 15) is 29.1 Å². The fraction of sp³-hybridized carbons (Fsp3) is 0.595. The molecule has 18 heteroatoms. The summed E-state index contributed by atoms with van der Waals surface area (Å²) in [6.45, 7) is 10.3. The molecule has 2 amide bonds. The van der Waals surface area contributed by atoms with Crippen molar-refractivity contribution < 1.29 is 48.0 Å². The van der Waals surface area contributed by atoms with E-state index in [0.717, 1.165) is 19.3 Å². The van der Waals surface area contributed by atoms with E-state index in [1.54, 1.807) is 48.8 Å². The van der Waals surface area contributed by atoms with Crippen LogP contribution in [0, 0.1) is 0 Å². The number of aliphatic hydroxyl groups is 1. The third kappa shape index (κ3) is 11.8. The lowest BCUT2D eigenvalue weighted by Crippen LogP contribution is -2.51. The number of carbonyl (C=O) groups excluding carboxylic acids is 5. The number of aromatic nitrogens is 6. The molecule has 0 bridgehead atoms. The third-order valence-electron chi connectivity index (χ3n) is 8.69. The average molecular weight is 769 g/mol. The summed E-state index contributed by atoms with van der Waals surface area (Å²) in [7, 11) is 1.19. The minimum atomic E-state index is -1.14. The molecule has 0 aliphatic carbocycles. The number of hydrogen-bond acceptors (Lipinski definition) is 14. The van der Waals surface area contributed by atoms with Gasteiger partial charge in [0.15, 0.2) is 12.1 Å². The summed E-state index contributed by atoms with van der Waals surface area (Å²) in [6.07, 6.45) is 5.65. The van der Waals surface area contributed by atoms with E-state index in [2.05, 4.69) is 20.6 Å². The van der Waals surface area contributed by atoms with Crippen LogP contribution in [0.4, 0.5) is 4.79 Å². The first kappa shape index (κ1) is 42.4. The zero-order chi connectivity index (χ0) is 40.1. The Bertz CT molecular complexity index is 1780. The lowest BCUT2D eigenvalue weighted by Gasteiger charge is -2.35. The molecular formula is C37H52N8O10. The quantitative estimate of drug-likeness (QED) is 0.118. The molecule has 1 aliphatic heterocycles. The number of ether oxygens (including phenoxy) is 4. The smallest absolute Gasteiger partial charge is 0.410 e. The fourth-order valence-corrected chi connectivity index (χ4v) is 5.60. The second kappa shape index (κ2) is 19.8. The maximum atomic E-state index is 14.0. The maximum Gasteiger partial charge on any atom is 0.410 e. The molecule has 1 saturated heterocycles.